The molecule has 2 atom stereocenters. The van der Waals surface area contributed by atoms with Gasteiger partial charge in [0, 0.05) is 36.0 Å². The van der Waals surface area contributed by atoms with E-state index < -0.39 is 0 Å². The Labute approximate surface area is 106 Å². The lowest BCUT2D eigenvalue weighted by molar-refractivity contribution is -0.119. The lowest BCUT2D eigenvalue weighted by atomic mass is 9.87. The number of aromatic nitrogens is 1. The molecule has 1 aromatic rings. The van der Waals surface area contributed by atoms with Gasteiger partial charge in [0.05, 0.1) is 5.51 Å². The van der Waals surface area contributed by atoms with E-state index in [4.69, 9.17) is 0 Å². The fourth-order valence-corrected chi connectivity index (χ4v) is 3.88. The minimum absolute atomic E-state index is 0.389. The van der Waals surface area contributed by atoms with Crippen molar-refractivity contribution in [2.75, 3.05) is 0 Å². The van der Waals surface area contributed by atoms with Crippen molar-refractivity contribution in [2.45, 2.75) is 50.6 Å². The van der Waals surface area contributed by atoms with E-state index in [9.17, 15) is 4.79 Å². The Kier molecular flexibility index (Phi) is 3.25. The Morgan fingerprint density at radius 3 is 2.82 bits per heavy atom. The fourth-order valence-electron chi connectivity index (χ4n) is 3.26. The van der Waals surface area contributed by atoms with Crippen molar-refractivity contribution in [3.63, 3.8) is 0 Å². The number of hydrogen-bond donors (Lipinski definition) is 1. The van der Waals surface area contributed by atoms with Crippen LogP contribution in [0.4, 0.5) is 0 Å². The molecule has 2 unspecified atom stereocenters. The van der Waals surface area contributed by atoms with Gasteiger partial charge in [-0.3, -0.25) is 9.78 Å². The van der Waals surface area contributed by atoms with Crippen LogP contribution in [0.25, 0.3) is 0 Å². The average molecular weight is 250 g/mol. The average Bonchev–Trinajstić information content (AvgIpc) is 2.89. The fraction of sp³-hybridized carbons (Fsp3) is 0.692. The van der Waals surface area contributed by atoms with Crippen molar-refractivity contribution in [1.82, 2.24) is 10.3 Å². The molecular weight excluding hydrogens is 232 g/mol. The Morgan fingerprint density at radius 2 is 2.18 bits per heavy atom. The van der Waals surface area contributed by atoms with Crippen molar-refractivity contribution in [3.05, 3.63) is 16.6 Å². The van der Waals surface area contributed by atoms with Gasteiger partial charge in [-0.05, 0) is 31.6 Å². The van der Waals surface area contributed by atoms with Gasteiger partial charge in [-0.15, -0.1) is 11.3 Å². The number of thiazole rings is 1. The van der Waals surface area contributed by atoms with Gasteiger partial charge >= 0.3 is 0 Å². The highest BCUT2D eigenvalue weighted by Crippen LogP contribution is 2.33. The van der Waals surface area contributed by atoms with Crippen molar-refractivity contribution in [3.8, 4) is 0 Å². The molecule has 0 radical (unpaired) electrons. The van der Waals surface area contributed by atoms with E-state index in [-0.39, 0.29) is 0 Å². The summed E-state index contributed by atoms with van der Waals surface area (Å²) in [5.74, 6) is 1.01. The normalized spacial score (nSPS) is 31.6. The van der Waals surface area contributed by atoms with Crippen LogP contribution in [0, 0.1) is 5.92 Å². The predicted octanol–water partition coefficient (Wildman–Crippen LogP) is 2.18. The lowest BCUT2D eigenvalue weighted by Gasteiger charge is -2.28. The van der Waals surface area contributed by atoms with Gasteiger partial charge in [0.15, 0.2) is 0 Å². The largest absolute Gasteiger partial charge is 0.311 e. The summed E-state index contributed by atoms with van der Waals surface area (Å²) in [7, 11) is 0. The molecule has 0 amide bonds. The molecule has 3 rings (SSSR count). The van der Waals surface area contributed by atoms with Gasteiger partial charge in [0.2, 0.25) is 0 Å². The highest BCUT2D eigenvalue weighted by atomic mass is 32.1. The van der Waals surface area contributed by atoms with Crippen LogP contribution in [0.2, 0.25) is 0 Å². The van der Waals surface area contributed by atoms with E-state index in [1.54, 1.807) is 16.8 Å². The maximum atomic E-state index is 12.0. The summed E-state index contributed by atoms with van der Waals surface area (Å²) >= 11 is 1.58. The van der Waals surface area contributed by atoms with Gasteiger partial charge < -0.3 is 5.32 Å². The highest BCUT2D eigenvalue weighted by Gasteiger charge is 2.33. The monoisotopic (exact) mass is 250 g/mol. The molecule has 2 saturated heterocycles. The molecule has 0 saturated carbocycles. The Balaban J connectivity index is 1.51. The van der Waals surface area contributed by atoms with Crippen LogP contribution in [0.3, 0.4) is 0 Å². The van der Waals surface area contributed by atoms with Crippen molar-refractivity contribution < 1.29 is 4.79 Å². The number of ketones is 1. The third-order valence-corrected chi connectivity index (χ3v) is 4.72. The van der Waals surface area contributed by atoms with Crippen LogP contribution in [-0.2, 0) is 11.2 Å². The highest BCUT2D eigenvalue weighted by molar-refractivity contribution is 7.09. The zero-order valence-corrected chi connectivity index (χ0v) is 10.7. The molecule has 2 bridgehead atoms. The van der Waals surface area contributed by atoms with Crippen LogP contribution in [0.5, 0.6) is 0 Å². The number of piperidine rings is 1. The van der Waals surface area contributed by atoms with E-state index in [0.29, 0.717) is 30.2 Å². The quantitative estimate of drug-likeness (QED) is 0.890. The maximum Gasteiger partial charge on any atom is 0.138 e. The Hall–Kier alpha value is -0.740. The smallest absolute Gasteiger partial charge is 0.138 e. The second-order valence-corrected chi connectivity index (χ2v) is 6.33. The molecular formula is C13H18N2OS. The molecule has 0 aromatic carbocycles. The molecule has 1 aromatic heterocycles. The predicted molar refractivity (Wildman–Crippen MR) is 68.1 cm³/mol. The number of fused-ring (bicyclic) bond motifs is 2. The molecule has 92 valence electrons. The van der Waals surface area contributed by atoms with Crippen LogP contribution in [0.15, 0.2) is 11.7 Å². The number of rotatable bonds is 4. The van der Waals surface area contributed by atoms with Crippen molar-refractivity contribution in [2.24, 2.45) is 5.92 Å². The molecule has 17 heavy (non-hydrogen) atoms. The van der Waals surface area contributed by atoms with Crippen LogP contribution in [0.1, 0.15) is 37.0 Å². The molecule has 1 N–H and O–H groups in total. The molecule has 2 aliphatic rings. The Morgan fingerprint density at radius 1 is 1.41 bits per heavy atom. The first-order valence-electron chi connectivity index (χ1n) is 6.44. The zero-order chi connectivity index (χ0) is 11.7. The zero-order valence-electron chi connectivity index (χ0n) is 9.89. The van der Waals surface area contributed by atoms with Crippen LogP contribution in [-0.4, -0.2) is 22.9 Å². The summed E-state index contributed by atoms with van der Waals surface area (Å²) in [6, 6.07) is 1.38. The van der Waals surface area contributed by atoms with E-state index >= 15 is 0 Å². The topological polar surface area (TPSA) is 42.0 Å². The van der Waals surface area contributed by atoms with Gasteiger partial charge in [-0.1, -0.05) is 0 Å². The SMILES string of the molecule is O=C(Cc1cncs1)CC1CC2CCC(C1)N2. The van der Waals surface area contributed by atoms with Crippen LogP contribution >= 0.6 is 11.3 Å². The van der Waals surface area contributed by atoms with Gasteiger partial charge in [-0.2, -0.15) is 0 Å². The number of nitrogens with zero attached hydrogens (tertiary/aromatic N) is 1. The van der Waals surface area contributed by atoms with E-state index in [1.807, 2.05) is 6.20 Å². The first-order chi connectivity index (χ1) is 8.29. The third-order valence-electron chi connectivity index (χ3n) is 3.94. The number of Topliss-reactive ketones (excluding diaryl/α,β-unsaturated/α-hetero) is 1. The second-order valence-electron chi connectivity index (χ2n) is 5.36. The molecule has 2 fully saturated rings. The molecule has 2 aliphatic heterocycles. The summed E-state index contributed by atoms with van der Waals surface area (Å²) in [6.45, 7) is 0. The van der Waals surface area contributed by atoms with E-state index in [1.165, 1.54) is 25.7 Å². The van der Waals surface area contributed by atoms with E-state index in [2.05, 4.69) is 10.3 Å². The number of carbonyl (C=O) groups is 1. The van der Waals surface area contributed by atoms with Crippen molar-refractivity contribution in [1.29, 1.82) is 0 Å². The summed E-state index contributed by atoms with van der Waals surface area (Å²) in [5, 5.41) is 3.62. The van der Waals surface area contributed by atoms with Gasteiger partial charge in [0.1, 0.15) is 5.78 Å². The second kappa shape index (κ2) is 4.86. The summed E-state index contributed by atoms with van der Waals surface area (Å²) in [6.07, 6.45) is 8.19. The maximum absolute atomic E-state index is 12.0. The Bertz CT molecular complexity index is 378. The molecule has 4 heteroatoms. The standard InChI is InChI=1S/C13H18N2OS/c16-12(6-13-7-14-8-17-13)5-9-3-10-1-2-11(4-9)15-10/h7-11,15H,1-6H2. The summed E-state index contributed by atoms with van der Waals surface area (Å²) in [4.78, 5) is 17.1. The molecule has 0 spiro atoms. The molecule has 3 heterocycles. The first-order valence-corrected chi connectivity index (χ1v) is 7.32. The number of carbonyl (C=O) groups excluding carboxylic acids is 1. The number of nitrogens with one attached hydrogen (secondary N) is 1. The minimum Gasteiger partial charge on any atom is -0.311 e. The molecule has 3 nitrogen and oxygen atoms in total. The number of hydrogen-bond acceptors (Lipinski definition) is 4. The third kappa shape index (κ3) is 2.75. The summed E-state index contributed by atoms with van der Waals surface area (Å²) < 4.78 is 0. The molecule has 0 aliphatic carbocycles. The van der Waals surface area contributed by atoms with E-state index in [0.717, 1.165) is 11.3 Å². The van der Waals surface area contributed by atoms with Crippen molar-refractivity contribution >= 4 is 17.1 Å². The minimum atomic E-state index is 0.389. The lowest BCUT2D eigenvalue weighted by Crippen LogP contribution is -2.38. The van der Waals surface area contributed by atoms with Gasteiger partial charge in [-0.25, -0.2) is 0 Å². The first kappa shape index (κ1) is 11.4. The van der Waals surface area contributed by atoms with Gasteiger partial charge in [0.25, 0.3) is 0 Å². The van der Waals surface area contributed by atoms with Crippen LogP contribution < -0.4 is 5.32 Å². The summed E-state index contributed by atoms with van der Waals surface area (Å²) in [5.41, 5.74) is 1.80.